The van der Waals surface area contributed by atoms with Crippen molar-refractivity contribution in [2.75, 3.05) is 13.2 Å². The predicted molar refractivity (Wildman–Crippen MR) is 67.8 cm³/mol. The molecule has 5 heteroatoms. The second kappa shape index (κ2) is 9.34. The van der Waals surface area contributed by atoms with Crippen LogP contribution in [0.2, 0.25) is 0 Å². The number of carbonyl (C=O) groups excluding carboxylic acids is 2. The van der Waals surface area contributed by atoms with Crippen LogP contribution in [0.25, 0.3) is 0 Å². The summed E-state index contributed by atoms with van der Waals surface area (Å²) in [4.78, 5) is 22.6. The van der Waals surface area contributed by atoms with Gasteiger partial charge in [-0.2, -0.15) is 0 Å². The fraction of sp³-hybridized carbons (Fsp3) is 0.692. The second-order valence-corrected chi connectivity index (χ2v) is 4.35. The van der Waals surface area contributed by atoms with E-state index in [0.717, 1.165) is 12.8 Å². The fourth-order valence-electron chi connectivity index (χ4n) is 1.17. The SMILES string of the molecule is C#CCOC(=O)N[C@@H](C)C(=O)OCCCC(C)C. The minimum atomic E-state index is -0.741. The van der Waals surface area contributed by atoms with Gasteiger partial charge in [-0.3, -0.25) is 0 Å². The van der Waals surface area contributed by atoms with Crippen molar-refractivity contribution in [2.45, 2.75) is 39.7 Å². The Morgan fingerprint density at radius 2 is 1.94 bits per heavy atom. The zero-order valence-corrected chi connectivity index (χ0v) is 11.2. The first kappa shape index (κ1) is 16.3. The van der Waals surface area contributed by atoms with Crippen LogP contribution in [-0.4, -0.2) is 31.3 Å². The lowest BCUT2D eigenvalue weighted by molar-refractivity contribution is -0.145. The molecule has 0 radical (unpaired) electrons. The van der Waals surface area contributed by atoms with Gasteiger partial charge in [-0.25, -0.2) is 9.59 Å². The summed E-state index contributed by atoms with van der Waals surface area (Å²) < 4.78 is 9.59. The summed E-state index contributed by atoms with van der Waals surface area (Å²) in [5.74, 6) is 2.26. The van der Waals surface area contributed by atoms with Crippen molar-refractivity contribution in [3.05, 3.63) is 0 Å². The Morgan fingerprint density at radius 3 is 2.50 bits per heavy atom. The highest BCUT2D eigenvalue weighted by Crippen LogP contribution is 2.03. The molecule has 0 aromatic rings. The Bertz CT molecular complexity index is 307. The molecule has 0 aromatic carbocycles. The third-order valence-electron chi connectivity index (χ3n) is 2.14. The standard InChI is InChI=1S/C13H21NO4/c1-5-8-18-13(16)14-11(4)12(15)17-9-6-7-10(2)3/h1,10-11H,6-9H2,2-4H3,(H,14,16)/t11-/m0/s1. The lowest BCUT2D eigenvalue weighted by Crippen LogP contribution is -2.40. The van der Waals surface area contributed by atoms with E-state index in [9.17, 15) is 9.59 Å². The molecule has 0 aliphatic heterocycles. The van der Waals surface area contributed by atoms with Crippen molar-refractivity contribution in [1.82, 2.24) is 5.32 Å². The number of alkyl carbamates (subject to hydrolysis) is 1. The van der Waals surface area contributed by atoms with Gasteiger partial charge in [0.25, 0.3) is 0 Å². The van der Waals surface area contributed by atoms with E-state index in [0.29, 0.717) is 12.5 Å². The summed E-state index contributed by atoms with van der Waals surface area (Å²) in [5.41, 5.74) is 0. The normalized spacial score (nSPS) is 11.5. The highest BCUT2D eigenvalue weighted by atomic mass is 16.6. The number of amides is 1. The largest absolute Gasteiger partial charge is 0.464 e. The minimum absolute atomic E-state index is 0.123. The van der Waals surface area contributed by atoms with Gasteiger partial charge in [0.2, 0.25) is 0 Å². The zero-order chi connectivity index (χ0) is 14.0. The van der Waals surface area contributed by atoms with Crippen molar-refractivity contribution >= 4 is 12.1 Å². The number of terminal acetylenes is 1. The Hall–Kier alpha value is -1.70. The summed E-state index contributed by atoms with van der Waals surface area (Å²) in [6.07, 6.45) is 6.02. The Kier molecular flexibility index (Phi) is 8.46. The van der Waals surface area contributed by atoms with Crippen LogP contribution in [0.3, 0.4) is 0 Å². The summed E-state index contributed by atoms with van der Waals surface area (Å²) >= 11 is 0. The molecule has 0 aliphatic rings. The number of rotatable bonds is 7. The molecule has 0 unspecified atom stereocenters. The summed E-state index contributed by atoms with van der Waals surface area (Å²) in [5, 5.41) is 2.33. The van der Waals surface area contributed by atoms with Gasteiger partial charge in [-0.05, 0) is 25.7 Å². The van der Waals surface area contributed by atoms with E-state index in [4.69, 9.17) is 11.2 Å². The molecule has 0 aromatic heterocycles. The van der Waals surface area contributed by atoms with Gasteiger partial charge in [0.05, 0.1) is 6.61 Å². The lowest BCUT2D eigenvalue weighted by atomic mass is 10.1. The van der Waals surface area contributed by atoms with Crippen LogP contribution < -0.4 is 5.32 Å². The minimum Gasteiger partial charge on any atom is -0.464 e. The molecule has 18 heavy (non-hydrogen) atoms. The van der Waals surface area contributed by atoms with Crippen LogP contribution in [-0.2, 0) is 14.3 Å². The first-order chi connectivity index (χ1) is 8.47. The Balaban J connectivity index is 3.76. The summed E-state index contributed by atoms with van der Waals surface area (Å²) in [7, 11) is 0. The molecule has 1 N–H and O–H groups in total. The fourth-order valence-corrected chi connectivity index (χ4v) is 1.17. The van der Waals surface area contributed by atoms with E-state index in [1.165, 1.54) is 6.92 Å². The van der Waals surface area contributed by atoms with Crippen molar-refractivity contribution in [3.8, 4) is 12.3 Å². The molecule has 0 heterocycles. The lowest BCUT2D eigenvalue weighted by Gasteiger charge is -2.13. The smallest absolute Gasteiger partial charge is 0.408 e. The van der Waals surface area contributed by atoms with E-state index in [2.05, 4.69) is 29.8 Å². The molecule has 0 bridgehead atoms. The van der Waals surface area contributed by atoms with E-state index < -0.39 is 18.1 Å². The average Bonchev–Trinajstić information content (AvgIpc) is 2.31. The quantitative estimate of drug-likeness (QED) is 0.427. The molecule has 5 nitrogen and oxygen atoms in total. The van der Waals surface area contributed by atoms with Crippen LogP contribution >= 0.6 is 0 Å². The van der Waals surface area contributed by atoms with Crippen LogP contribution in [0.4, 0.5) is 4.79 Å². The van der Waals surface area contributed by atoms with Gasteiger partial charge in [-0.1, -0.05) is 19.8 Å². The molecule has 0 spiro atoms. The van der Waals surface area contributed by atoms with Gasteiger partial charge in [-0.15, -0.1) is 6.42 Å². The summed E-state index contributed by atoms with van der Waals surface area (Å²) in [6.45, 7) is 5.98. The first-order valence-corrected chi connectivity index (χ1v) is 6.00. The number of hydrogen-bond donors (Lipinski definition) is 1. The topological polar surface area (TPSA) is 64.6 Å². The van der Waals surface area contributed by atoms with Crippen molar-refractivity contribution in [1.29, 1.82) is 0 Å². The third kappa shape index (κ3) is 8.45. The second-order valence-electron chi connectivity index (χ2n) is 4.35. The molecule has 1 amide bonds. The van der Waals surface area contributed by atoms with Gasteiger partial charge in [0, 0.05) is 0 Å². The number of nitrogens with one attached hydrogen (secondary N) is 1. The molecular formula is C13H21NO4. The van der Waals surface area contributed by atoms with Crippen LogP contribution in [0.15, 0.2) is 0 Å². The van der Waals surface area contributed by atoms with Crippen molar-refractivity contribution in [3.63, 3.8) is 0 Å². The number of hydrogen-bond acceptors (Lipinski definition) is 4. The van der Waals surface area contributed by atoms with Gasteiger partial charge in [0.1, 0.15) is 6.04 Å². The maximum absolute atomic E-state index is 11.5. The number of esters is 1. The number of carbonyl (C=O) groups is 2. The van der Waals surface area contributed by atoms with E-state index in [1.807, 2.05) is 0 Å². The highest BCUT2D eigenvalue weighted by molar-refractivity contribution is 5.80. The van der Waals surface area contributed by atoms with Gasteiger partial charge >= 0.3 is 12.1 Å². The van der Waals surface area contributed by atoms with Crippen molar-refractivity contribution < 1.29 is 19.1 Å². The third-order valence-corrected chi connectivity index (χ3v) is 2.14. The first-order valence-electron chi connectivity index (χ1n) is 6.00. The van der Waals surface area contributed by atoms with Crippen LogP contribution in [0.1, 0.15) is 33.6 Å². The van der Waals surface area contributed by atoms with Crippen LogP contribution in [0.5, 0.6) is 0 Å². The molecule has 0 fully saturated rings. The molecule has 0 saturated heterocycles. The predicted octanol–water partition coefficient (Wildman–Crippen LogP) is 1.71. The van der Waals surface area contributed by atoms with Gasteiger partial charge in [0.15, 0.2) is 6.61 Å². The van der Waals surface area contributed by atoms with Gasteiger partial charge < -0.3 is 14.8 Å². The van der Waals surface area contributed by atoms with Crippen LogP contribution in [0, 0.1) is 18.3 Å². The maximum Gasteiger partial charge on any atom is 0.408 e. The molecule has 0 rings (SSSR count). The van der Waals surface area contributed by atoms with Crippen molar-refractivity contribution in [2.24, 2.45) is 5.92 Å². The monoisotopic (exact) mass is 255 g/mol. The van der Waals surface area contributed by atoms with E-state index in [1.54, 1.807) is 0 Å². The number of ether oxygens (including phenoxy) is 2. The summed E-state index contributed by atoms with van der Waals surface area (Å²) in [6, 6.07) is -0.741. The highest BCUT2D eigenvalue weighted by Gasteiger charge is 2.17. The van der Waals surface area contributed by atoms with E-state index >= 15 is 0 Å². The zero-order valence-electron chi connectivity index (χ0n) is 11.2. The molecule has 102 valence electrons. The van der Waals surface area contributed by atoms with E-state index in [-0.39, 0.29) is 6.61 Å². The Morgan fingerprint density at radius 1 is 1.28 bits per heavy atom. The Labute approximate surface area is 108 Å². The molecular weight excluding hydrogens is 234 g/mol. The molecule has 0 saturated carbocycles. The maximum atomic E-state index is 11.5. The molecule has 1 atom stereocenters. The average molecular weight is 255 g/mol. The molecule has 0 aliphatic carbocycles.